The van der Waals surface area contributed by atoms with E-state index in [1.807, 2.05) is 12.1 Å². The minimum atomic E-state index is -0.719. The number of aromatic nitrogens is 1. The van der Waals surface area contributed by atoms with Gasteiger partial charge < -0.3 is 9.30 Å². The van der Waals surface area contributed by atoms with E-state index in [1.165, 1.54) is 23.2 Å². The number of rotatable bonds is 7. The molecular weight excluding hydrogens is 389 g/mol. The summed E-state index contributed by atoms with van der Waals surface area (Å²) in [5.74, 6) is -0.187. The third-order valence-electron chi connectivity index (χ3n) is 5.06. The number of nitrogens with zero attached hydrogens (tertiary/aromatic N) is 1. The quantitative estimate of drug-likeness (QED) is 0.333. The number of carbonyl (C=O) groups is 1. The summed E-state index contributed by atoms with van der Waals surface area (Å²) in [5, 5.41) is 2.62. The molecule has 0 fully saturated rings. The van der Waals surface area contributed by atoms with Gasteiger partial charge in [0.15, 0.2) is 0 Å². The Kier molecular flexibility index (Phi) is 6.41. The van der Waals surface area contributed by atoms with Crippen molar-refractivity contribution in [3.05, 3.63) is 109 Å². The van der Waals surface area contributed by atoms with Gasteiger partial charge in [0, 0.05) is 26.2 Å². The van der Waals surface area contributed by atoms with E-state index < -0.39 is 7.92 Å². The van der Waals surface area contributed by atoms with Crippen LogP contribution >= 0.6 is 7.92 Å². The molecule has 0 bridgehead atoms. The van der Waals surface area contributed by atoms with Crippen molar-refractivity contribution in [3.8, 4) is 5.69 Å². The van der Waals surface area contributed by atoms with Crippen LogP contribution in [-0.2, 0) is 16.0 Å². The lowest BCUT2D eigenvalue weighted by molar-refractivity contribution is -0.140. The second-order valence-electron chi connectivity index (χ2n) is 6.95. The van der Waals surface area contributed by atoms with E-state index in [1.54, 1.807) is 0 Å². The number of esters is 1. The molecule has 3 aromatic carbocycles. The number of hydrogen-bond acceptors (Lipinski definition) is 2. The van der Waals surface area contributed by atoms with E-state index in [2.05, 4.69) is 95.7 Å². The molecule has 0 aliphatic carbocycles. The Balaban J connectivity index is 1.80. The first-order valence-electron chi connectivity index (χ1n) is 10.0. The van der Waals surface area contributed by atoms with Gasteiger partial charge in [0.2, 0.25) is 0 Å². The number of hydrogen-bond donors (Lipinski definition) is 0. The van der Waals surface area contributed by atoms with Crippen LogP contribution in [0.25, 0.3) is 5.69 Å². The normalized spacial score (nSPS) is 10.9. The van der Waals surface area contributed by atoms with Gasteiger partial charge in [-0.3, -0.25) is 4.79 Å². The Morgan fingerprint density at radius 2 is 1.40 bits per heavy atom. The molecule has 4 aromatic rings. The van der Waals surface area contributed by atoms with Gasteiger partial charge in [-0.25, -0.2) is 0 Å². The first-order chi connectivity index (χ1) is 14.8. The van der Waals surface area contributed by atoms with Crippen molar-refractivity contribution in [1.82, 2.24) is 4.57 Å². The highest BCUT2D eigenvalue weighted by Gasteiger charge is 2.21. The van der Waals surface area contributed by atoms with Gasteiger partial charge in [-0.05, 0) is 40.8 Å². The minimum Gasteiger partial charge on any atom is -0.469 e. The summed E-state index contributed by atoms with van der Waals surface area (Å²) in [6.45, 7) is 0. The second kappa shape index (κ2) is 9.56. The van der Waals surface area contributed by atoms with Crippen molar-refractivity contribution in [3.63, 3.8) is 0 Å². The molecule has 0 saturated carbocycles. The highest BCUT2D eigenvalue weighted by atomic mass is 31.1. The maximum Gasteiger partial charge on any atom is 0.305 e. The molecule has 0 N–H and O–H groups in total. The fraction of sp³-hybridized carbons (Fsp3) is 0.115. The van der Waals surface area contributed by atoms with Crippen LogP contribution in [0.5, 0.6) is 0 Å². The predicted molar refractivity (Wildman–Crippen MR) is 125 cm³/mol. The molecule has 30 heavy (non-hydrogen) atoms. The van der Waals surface area contributed by atoms with Gasteiger partial charge in [0.1, 0.15) is 0 Å². The molecular formula is C26H24NO2P. The lowest BCUT2D eigenvalue weighted by Gasteiger charge is -2.22. The van der Waals surface area contributed by atoms with Crippen LogP contribution in [0.15, 0.2) is 103 Å². The lowest BCUT2D eigenvalue weighted by atomic mass is 10.1. The molecule has 0 radical (unpaired) electrons. The molecule has 4 heteroatoms. The summed E-state index contributed by atoms with van der Waals surface area (Å²) in [7, 11) is 0.717. The van der Waals surface area contributed by atoms with Gasteiger partial charge in [-0.2, -0.15) is 0 Å². The fourth-order valence-electron chi connectivity index (χ4n) is 3.62. The number of para-hydroxylation sites is 1. The van der Waals surface area contributed by atoms with Crippen molar-refractivity contribution in [2.24, 2.45) is 0 Å². The zero-order valence-corrected chi connectivity index (χ0v) is 17.8. The molecule has 0 atom stereocenters. The van der Waals surface area contributed by atoms with Crippen molar-refractivity contribution in [2.45, 2.75) is 12.8 Å². The molecule has 1 heterocycles. The lowest BCUT2D eigenvalue weighted by Crippen LogP contribution is -2.25. The average Bonchev–Trinajstić information content (AvgIpc) is 3.28. The van der Waals surface area contributed by atoms with Gasteiger partial charge >= 0.3 is 5.97 Å². The molecule has 3 nitrogen and oxygen atoms in total. The molecule has 0 saturated heterocycles. The highest BCUT2D eigenvalue weighted by molar-refractivity contribution is 7.79. The summed E-state index contributed by atoms with van der Waals surface area (Å²) >= 11 is 0. The number of benzene rings is 3. The van der Waals surface area contributed by atoms with Crippen LogP contribution in [0, 0.1) is 0 Å². The Bertz CT molecular complexity index is 1070. The van der Waals surface area contributed by atoms with Crippen molar-refractivity contribution >= 4 is 29.9 Å². The molecule has 0 aliphatic heterocycles. The largest absolute Gasteiger partial charge is 0.469 e. The van der Waals surface area contributed by atoms with E-state index in [9.17, 15) is 4.79 Å². The van der Waals surface area contributed by atoms with Crippen LogP contribution in [-0.4, -0.2) is 17.6 Å². The van der Waals surface area contributed by atoms with E-state index in [0.29, 0.717) is 12.8 Å². The van der Waals surface area contributed by atoms with E-state index in [0.717, 1.165) is 11.3 Å². The van der Waals surface area contributed by atoms with Crippen molar-refractivity contribution in [1.29, 1.82) is 0 Å². The van der Waals surface area contributed by atoms with Crippen LogP contribution in [0.3, 0.4) is 0 Å². The van der Waals surface area contributed by atoms with Gasteiger partial charge in [-0.1, -0.05) is 78.9 Å². The van der Waals surface area contributed by atoms with Crippen LogP contribution in [0.1, 0.15) is 12.0 Å². The summed E-state index contributed by atoms with van der Waals surface area (Å²) in [6, 6.07) is 34.0. The van der Waals surface area contributed by atoms with Crippen molar-refractivity contribution < 1.29 is 9.53 Å². The Morgan fingerprint density at radius 1 is 0.800 bits per heavy atom. The summed E-state index contributed by atoms with van der Waals surface area (Å²) in [5.41, 5.74) is 3.50. The number of aryl methyl sites for hydroxylation is 1. The topological polar surface area (TPSA) is 31.2 Å². The highest BCUT2D eigenvalue weighted by Crippen LogP contribution is 2.34. The maximum absolute atomic E-state index is 11.7. The summed E-state index contributed by atoms with van der Waals surface area (Å²) in [6.07, 6.45) is 3.14. The van der Waals surface area contributed by atoms with E-state index in [4.69, 9.17) is 4.74 Å². The molecule has 1 aromatic heterocycles. The molecule has 4 rings (SSSR count). The SMILES string of the molecule is COC(=O)CCc1ccccc1-n1cccc1P(c1ccccc1)c1ccccc1. The van der Waals surface area contributed by atoms with Crippen LogP contribution in [0.4, 0.5) is 0 Å². The molecule has 0 unspecified atom stereocenters. The standard InChI is InChI=1S/C26H24NO2P/c1-29-26(28)19-18-21-11-8-9-16-24(21)27-20-10-17-25(27)30(22-12-4-2-5-13-22)23-14-6-3-7-15-23/h2-17,20H,18-19H2,1H3. The smallest absolute Gasteiger partial charge is 0.305 e. The zero-order chi connectivity index (χ0) is 20.8. The van der Waals surface area contributed by atoms with Gasteiger partial charge in [-0.15, -0.1) is 0 Å². The van der Waals surface area contributed by atoms with Crippen molar-refractivity contribution in [2.75, 3.05) is 7.11 Å². The Hall–Kier alpha value is -3.16. The third kappa shape index (κ3) is 4.37. The van der Waals surface area contributed by atoms with Gasteiger partial charge in [0.25, 0.3) is 0 Å². The average molecular weight is 413 g/mol. The van der Waals surface area contributed by atoms with E-state index in [-0.39, 0.29) is 5.97 Å². The molecule has 150 valence electrons. The summed E-state index contributed by atoms with van der Waals surface area (Å²) < 4.78 is 7.11. The minimum absolute atomic E-state index is 0.187. The fourth-order valence-corrected chi connectivity index (χ4v) is 6.01. The monoisotopic (exact) mass is 413 g/mol. The third-order valence-corrected chi connectivity index (χ3v) is 7.51. The van der Waals surface area contributed by atoms with E-state index >= 15 is 0 Å². The van der Waals surface area contributed by atoms with Crippen LogP contribution < -0.4 is 16.0 Å². The Labute approximate surface area is 178 Å². The molecule has 0 amide bonds. The second-order valence-corrected chi connectivity index (χ2v) is 9.11. The maximum atomic E-state index is 11.7. The first kappa shape index (κ1) is 20.1. The summed E-state index contributed by atoms with van der Waals surface area (Å²) in [4.78, 5) is 11.7. The Morgan fingerprint density at radius 3 is 2.03 bits per heavy atom. The number of ether oxygens (including phenoxy) is 1. The zero-order valence-electron chi connectivity index (χ0n) is 16.9. The number of carbonyl (C=O) groups excluding carboxylic acids is 1. The number of methoxy groups -OCH3 is 1. The molecule has 0 aliphatic rings. The predicted octanol–water partition coefficient (Wildman–Crippen LogP) is 4.34. The molecule has 0 spiro atoms. The van der Waals surface area contributed by atoms with Crippen LogP contribution in [0.2, 0.25) is 0 Å². The first-order valence-corrected chi connectivity index (χ1v) is 11.3. The van der Waals surface area contributed by atoms with Gasteiger partial charge in [0.05, 0.1) is 12.5 Å².